The molecule has 3 N–H and O–H groups in total. The second-order valence-corrected chi connectivity index (χ2v) is 5.97. The Morgan fingerprint density at radius 2 is 1.84 bits per heavy atom. The van der Waals surface area contributed by atoms with Crippen molar-refractivity contribution in [3.63, 3.8) is 0 Å². The predicted octanol–water partition coefficient (Wildman–Crippen LogP) is 1.65. The molecule has 0 aliphatic heterocycles. The summed E-state index contributed by atoms with van der Waals surface area (Å²) in [6.07, 6.45) is -0.366. The summed E-state index contributed by atoms with van der Waals surface area (Å²) in [4.78, 5) is 24.8. The van der Waals surface area contributed by atoms with Gasteiger partial charge in [-0.2, -0.15) is 5.10 Å². The van der Waals surface area contributed by atoms with Crippen molar-refractivity contribution in [1.82, 2.24) is 15.5 Å². The smallest absolute Gasteiger partial charge is 0.276 e. The Bertz CT molecular complexity index is 937. The average molecular weight is 337 g/mol. The predicted molar refractivity (Wildman–Crippen MR) is 95.4 cm³/mol. The van der Waals surface area contributed by atoms with E-state index in [1.807, 2.05) is 30.3 Å². The fourth-order valence-electron chi connectivity index (χ4n) is 2.63. The zero-order chi connectivity index (χ0) is 17.8. The Morgan fingerprint density at radius 1 is 1.16 bits per heavy atom. The lowest BCUT2D eigenvalue weighted by atomic mass is 10.0. The van der Waals surface area contributed by atoms with Crippen molar-refractivity contribution in [3.05, 3.63) is 76.1 Å². The number of aliphatic hydroxyl groups is 1. The van der Waals surface area contributed by atoms with Crippen molar-refractivity contribution < 1.29 is 9.90 Å². The number of carbonyl (C=O) groups is 1. The number of rotatable bonds is 5. The summed E-state index contributed by atoms with van der Waals surface area (Å²) < 4.78 is 0. The van der Waals surface area contributed by atoms with Crippen LogP contribution in [0.2, 0.25) is 0 Å². The number of aromatic amines is 1. The second-order valence-electron chi connectivity index (χ2n) is 5.97. The van der Waals surface area contributed by atoms with E-state index in [2.05, 4.69) is 15.5 Å². The number of nitrogens with zero attached hydrogens (tertiary/aromatic N) is 1. The zero-order valence-corrected chi connectivity index (χ0v) is 13.8. The maximum absolute atomic E-state index is 12.4. The van der Waals surface area contributed by atoms with Crippen LogP contribution in [0.3, 0.4) is 0 Å². The van der Waals surface area contributed by atoms with Crippen LogP contribution in [-0.2, 0) is 6.42 Å². The lowest BCUT2D eigenvalue weighted by Gasteiger charge is -2.20. The monoisotopic (exact) mass is 337 g/mol. The van der Waals surface area contributed by atoms with Crippen molar-refractivity contribution in [2.75, 3.05) is 0 Å². The maximum Gasteiger partial charge on any atom is 0.276 e. The van der Waals surface area contributed by atoms with Gasteiger partial charge in [0.1, 0.15) is 0 Å². The van der Waals surface area contributed by atoms with Gasteiger partial charge in [-0.15, -0.1) is 0 Å². The van der Waals surface area contributed by atoms with Crippen molar-refractivity contribution >= 4 is 16.8 Å². The second kappa shape index (κ2) is 7.27. The third-order valence-electron chi connectivity index (χ3n) is 4.11. The molecule has 0 saturated carbocycles. The minimum absolute atomic E-state index is 0.211. The fourth-order valence-corrected chi connectivity index (χ4v) is 2.63. The maximum atomic E-state index is 12.4. The van der Waals surface area contributed by atoms with Crippen LogP contribution in [0.25, 0.3) is 10.9 Å². The number of fused-ring (bicyclic) bond motifs is 1. The summed E-state index contributed by atoms with van der Waals surface area (Å²) in [6, 6.07) is 15.8. The van der Waals surface area contributed by atoms with E-state index < -0.39 is 23.5 Å². The molecule has 2 aromatic carbocycles. The first kappa shape index (κ1) is 16.9. The molecule has 3 rings (SSSR count). The van der Waals surface area contributed by atoms with Gasteiger partial charge in [-0.3, -0.25) is 14.7 Å². The van der Waals surface area contributed by atoms with Crippen LogP contribution in [0, 0.1) is 0 Å². The van der Waals surface area contributed by atoms with E-state index in [1.165, 1.54) is 0 Å². The zero-order valence-electron chi connectivity index (χ0n) is 13.8. The van der Waals surface area contributed by atoms with E-state index in [0.29, 0.717) is 17.3 Å². The number of carbonyl (C=O) groups excluding carboxylic acids is 1. The number of benzene rings is 2. The third-order valence-corrected chi connectivity index (χ3v) is 4.11. The molecular formula is C19H19N3O3. The summed E-state index contributed by atoms with van der Waals surface area (Å²) in [5.74, 6) is -0.605. The van der Waals surface area contributed by atoms with E-state index in [0.717, 1.165) is 5.56 Å². The average Bonchev–Trinajstić information content (AvgIpc) is 2.63. The molecule has 25 heavy (non-hydrogen) atoms. The minimum atomic E-state index is -0.772. The first-order chi connectivity index (χ1) is 12.1. The molecule has 0 bridgehead atoms. The Morgan fingerprint density at radius 3 is 2.60 bits per heavy atom. The molecular weight excluding hydrogens is 318 g/mol. The van der Waals surface area contributed by atoms with E-state index in [1.54, 1.807) is 31.2 Å². The molecule has 0 radical (unpaired) electrons. The number of hydrogen-bond acceptors (Lipinski definition) is 4. The lowest BCUT2D eigenvalue weighted by molar-refractivity contribution is 0.0845. The molecule has 6 nitrogen and oxygen atoms in total. The van der Waals surface area contributed by atoms with E-state index >= 15 is 0 Å². The number of H-pyrrole nitrogens is 1. The Labute approximate surface area is 144 Å². The summed E-state index contributed by atoms with van der Waals surface area (Å²) in [6.45, 7) is 1.70. The largest absolute Gasteiger partial charge is 0.391 e. The molecule has 1 heterocycles. The van der Waals surface area contributed by atoms with Gasteiger partial charge in [0.25, 0.3) is 5.91 Å². The number of hydrogen-bond donors (Lipinski definition) is 3. The topological polar surface area (TPSA) is 95.1 Å². The van der Waals surface area contributed by atoms with Gasteiger partial charge in [-0.1, -0.05) is 42.5 Å². The molecule has 0 aliphatic carbocycles. The summed E-state index contributed by atoms with van der Waals surface area (Å²) in [5, 5.41) is 19.9. The Balaban J connectivity index is 1.73. The van der Waals surface area contributed by atoms with Gasteiger partial charge in [0.2, 0.25) is 5.43 Å². The third kappa shape index (κ3) is 3.75. The molecule has 0 fully saturated rings. The normalized spacial score (nSPS) is 13.4. The quantitative estimate of drug-likeness (QED) is 0.660. The number of para-hydroxylation sites is 1. The first-order valence-corrected chi connectivity index (χ1v) is 8.06. The van der Waals surface area contributed by atoms with E-state index in [9.17, 15) is 14.7 Å². The molecule has 0 aliphatic rings. The van der Waals surface area contributed by atoms with Gasteiger partial charge >= 0.3 is 0 Å². The highest BCUT2D eigenvalue weighted by Gasteiger charge is 2.21. The SMILES string of the molecule is CC(NC(=O)c1n[nH]c2ccccc2c1=O)C(O)Cc1ccccc1. The molecule has 0 saturated heterocycles. The fraction of sp³-hybridized carbons (Fsp3) is 0.211. The number of nitrogens with one attached hydrogen (secondary N) is 2. The molecule has 1 amide bonds. The minimum Gasteiger partial charge on any atom is -0.391 e. The van der Waals surface area contributed by atoms with Crippen LogP contribution >= 0.6 is 0 Å². The molecule has 128 valence electrons. The van der Waals surface area contributed by atoms with Crippen LogP contribution in [0.1, 0.15) is 23.0 Å². The van der Waals surface area contributed by atoms with Gasteiger partial charge in [0.15, 0.2) is 5.69 Å². The van der Waals surface area contributed by atoms with E-state index in [4.69, 9.17) is 0 Å². The highest BCUT2D eigenvalue weighted by molar-refractivity contribution is 5.95. The van der Waals surface area contributed by atoms with Crippen LogP contribution in [0.5, 0.6) is 0 Å². The molecule has 2 atom stereocenters. The molecule has 3 aromatic rings. The Kier molecular flexibility index (Phi) is 4.90. The number of aliphatic hydroxyl groups excluding tert-OH is 1. The van der Waals surface area contributed by atoms with Crippen molar-refractivity contribution in [2.45, 2.75) is 25.5 Å². The molecule has 0 spiro atoms. The number of amides is 1. The number of aromatic nitrogens is 2. The summed E-state index contributed by atoms with van der Waals surface area (Å²) in [5.41, 5.74) is 0.896. The van der Waals surface area contributed by atoms with Gasteiger partial charge in [-0.05, 0) is 24.6 Å². The van der Waals surface area contributed by atoms with Crippen LogP contribution in [0.15, 0.2) is 59.4 Å². The molecule has 6 heteroatoms. The summed E-state index contributed by atoms with van der Waals surface area (Å²) in [7, 11) is 0. The molecule has 1 aromatic heterocycles. The van der Waals surface area contributed by atoms with Crippen molar-refractivity contribution in [2.24, 2.45) is 0 Å². The van der Waals surface area contributed by atoms with Gasteiger partial charge in [0.05, 0.1) is 17.7 Å². The molecule has 2 unspecified atom stereocenters. The first-order valence-electron chi connectivity index (χ1n) is 8.06. The summed E-state index contributed by atoms with van der Waals surface area (Å²) >= 11 is 0. The van der Waals surface area contributed by atoms with Crippen LogP contribution in [-0.4, -0.2) is 33.4 Å². The van der Waals surface area contributed by atoms with Crippen molar-refractivity contribution in [3.8, 4) is 0 Å². The van der Waals surface area contributed by atoms with Crippen LogP contribution < -0.4 is 10.7 Å². The van der Waals surface area contributed by atoms with Crippen LogP contribution in [0.4, 0.5) is 0 Å². The van der Waals surface area contributed by atoms with E-state index in [-0.39, 0.29) is 5.69 Å². The highest BCUT2D eigenvalue weighted by Crippen LogP contribution is 2.08. The standard InChI is InChI=1S/C19H19N3O3/c1-12(16(23)11-13-7-3-2-4-8-13)20-19(25)17-18(24)14-9-5-6-10-15(14)21-22-17/h2-10,12,16,23H,11H2,1H3,(H,20,25)(H,21,24). The Hall–Kier alpha value is -2.99. The van der Waals surface area contributed by atoms with Gasteiger partial charge in [0, 0.05) is 11.8 Å². The van der Waals surface area contributed by atoms with Crippen molar-refractivity contribution in [1.29, 1.82) is 0 Å². The highest BCUT2D eigenvalue weighted by atomic mass is 16.3. The van der Waals surface area contributed by atoms with Gasteiger partial charge in [-0.25, -0.2) is 0 Å². The van der Waals surface area contributed by atoms with Gasteiger partial charge < -0.3 is 10.4 Å². The lowest BCUT2D eigenvalue weighted by Crippen LogP contribution is -2.43.